The minimum atomic E-state index is -0.0393. The van der Waals surface area contributed by atoms with E-state index in [1.54, 1.807) is 0 Å². The number of aryl methyl sites for hydroxylation is 5. The molecule has 0 heterocycles. The fraction of sp³-hybridized carbons (Fsp3) is 0.197. The van der Waals surface area contributed by atoms with Crippen LogP contribution in [0.4, 0.5) is 0 Å². The van der Waals surface area contributed by atoms with Gasteiger partial charge in [0.05, 0.1) is 6.04 Å². The van der Waals surface area contributed by atoms with Crippen molar-refractivity contribution >= 4 is 17.5 Å². The van der Waals surface area contributed by atoms with Crippen molar-refractivity contribution in [3.05, 3.63) is 263 Å². The van der Waals surface area contributed by atoms with E-state index in [2.05, 4.69) is 239 Å². The molecule has 0 aliphatic rings. The number of fused-ring (bicyclic) bond motifs is 1. The van der Waals surface area contributed by atoms with Gasteiger partial charge in [0, 0.05) is 13.2 Å². The van der Waals surface area contributed by atoms with Crippen molar-refractivity contribution in [1.82, 2.24) is 0 Å². The smallest absolute Gasteiger partial charge is 0.0998 e. The number of nitrogens with two attached hydrogens (primary N) is 4. The van der Waals surface area contributed by atoms with Crippen LogP contribution in [0.5, 0.6) is 0 Å². The Morgan fingerprint density at radius 3 is 1.39 bits per heavy atom. The SMILES string of the molecule is C=NC(c1ccccc1)c1ccccc1-c1ccccc1.CC.CC.CN.Cc1ccc(-c2ccc(C)c(-c3ccccc3C)c2CN)cc1.Cc1cccc2ccccc12.Cc1ccccc1.NCN. The number of benzene rings is 9. The van der Waals surface area contributed by atoms with Gasteiger partial charge in [0.25, 0.3) is 0 Å². The summed E-state index contributed by atoms with van der Waals surface area (Å²) in [6.45, 7) is 23.2. The highest BCUT2D eigenvalue weighted by atomic mass is 14.7. The summed E-state index contributed by atoms with van der Waals surface area (Å²) in [4.78, 5) is 4.36. The third kappa shape index (κ3) is 18.9. The number of rotatable bonds is 7. The predicted molar refractivity (Wildman–Crippen MR) is 315 cm³/mol. The second-order valence-corrected chi connectivity index (χ2v) is 15.8. The van der Waals surface area contributed by atoms with Crippen molar-refractivity contribution in [2.24, 2.45) is 27.9 Å². The zero-order valence-electron chi connectivity index (χ0n) is 44.2. The summed E-state index contributed by atoms with van der Waals surface area (Å²) < 4.78 is 0. The van der Waals surface area contributed by atoms with Crippen LogP contribution in [-0.4, -0.2) is 20.4 Å². The van der Waals surface area contributed by atoms with E-state index in [1.807, 2.05) is 70.2 Å². The number of hydrogen-bond donors (Lipinski definition) is 4. The van der Waals surface area contributed by atoms with E-state index < -0.39 is 0 Å². The number of hydrogen-bond acceptors (Lipinski definition) is 5. The predicted octanol–water partition coefficient (Wildman–Crippen LogP) is 16.2. The molecule has 5 nitrogen and oxygen atoms in total. The van der Waals surface area contributed by atoms with Gasteiger partial charge in [-0.3, -0.25) is 4.99 Å². The quantitative estimate of drug-likeness (QED) is 0.0940. The van der Waals surface area contributed by atoms with Gasteiger partial charge in [-0.05, 0) is 126 Å². The molecule has 0 bridgehead atoms. The molecule has 0 spiro atoms. The number of nitrogens with zero attached hydrogens (tertiary/aromatic N) is 1. The second-order valence-electron chi connectivity index (χ2n) is 15.8. The molecule has 71 heavy (non-hydrogen) atoms. The summed E-state index contributed by atoms with van der Waals surface area (Å²) in [6, 6.07) is 75.8. The molecule has 9 aromatic carbocycles. The van der Waals surface area contributed by atoms with Crippen LogP contribution in [0.3, 0.4) is 0 Å². The fourth-order valence-electron chi connectivity index (χ4n) is 7.77. The maximum absolute atomic E-state index is 6.17. The normalized spacial score (nSPS) is 9.94. The monoisotopic (exact) mass is 944 g/mol. The summed E-state index contributed by atoms with van der Waals surface area (Å²) in [5, 5.41) is 2.68. The second kappa shape index (κ2) is 34.9. The largest absolute Gasteiger partial charge is 0.333 e. The minimum Gasteiger partial charge on any atom is -0.333 e. The summed E-state index contributed by atoms with van der Waals surface area (Å²) >= 11 is 0. The van der Waals surface area contributed by atoms with Crippen LogP contribution < -0.4 is 22.9 Å². The Bertz CT molecular complexity index is 2800. The van der Waals surface area contributed by atoms with E-state index in [0.29, 0.717) is 6.54 Å². The minimum absolute atomic E-state index is 0.0393. The van der Waals surface area contributed by atoms with Gasteiger partial charge < -0.3 is 22.9 Å². The van der Waals surface area contributed by atoms with E-state index in [-0.39, 0.29) is 12.7 Å². The summed E-state index contributed by atoms with van der Waals surface area (Å²) in [5.41, 5.74) is 37.4. The molecule has 9 rings (SSSR count). The summed E-state index contributed by atoms with van der Waals surface area (Å²) in [6.07, 6.45) is 0. The van der Waals surface area contributed by atoms with Crippen LogP contribution in [0.2, 0.25) is 0 Å². The topological polar surface area (TPSA) is 116 Å². The molecule has 0 amide bonds. The van der Waals surface area contributed by atoms with Gasteiger partial charge in [-0.25, -0.2) is 0 Å². The molecule has 8 N–H and O–H groups in total. The van der Waals surface area contributed by atoms with Crippen molar-refractivity contribution in [3.8, 4) is 33.4 Å². The van der Waals surface area contributed by atoms with Gasteiger partial charge in [-0.1, -0.05) is 257 Å². The Morgan fingerprint density at radius 2 is 0.859 bits per heavy atom. The Balaban J connectivity index is 0.000000327. The third-order valence-electron chi connectivity index (χ3n) is 11.1. The molecule has 370 valence electrons. The molecular formula is C66H81N5. The van der Waals surface area contributed by atoms with Crippen LogP contribution in [0.25, 0.3) is 44.2 Å². The molecule has 0 radical (unpaired) electrons. The maximum Gasteiger partial charge on any atom is 0.0998 e. The Labute approximate surface area is 428 Å². The highest BCUT2D eigenvalue weighted by Gasteiger charge is 2.17. The molecule has 0 saturated carbocycles. The van der Waals surface area contributed by atoms with E-state index in [4.69, 9.17) is 5.73 Å². The average molecular weight is 944 g/mol. The van der Waals surface area contributed by atoms with E-state index in [0.717, 1.165) is 5.56 Å². The first-order chi connectivity index (χ1) is 34.7. The molecule has 0 saturated heterocycles. The van der Waals surface area contributed by atoms with Crippen molar-refractivity contribution in [2.75, 3.05) is 13.7 Å². The lowest BCUT2D eigenvalue weighted by Crippen LogP contribution is -2.08. The molecular weight excluding hydrogens is 863 g/mol. The standard InChI is InChI=1S/C22H23N.C20H17N.C11H10.C7H8.2C2H6.CH6N2.CH5N/c1-15-8-11-18(12-9-15)20-13-10-17(3)22(21(20)14-23)19-7-5-4-6-16(19)2;1-21-20(17-12-6-3-7-13-17)19-15-9-8-14-18(19)16-10-4-2-5-11-16;1-9-5-4-7-10-6-2-3-8-11(9)10;1-7-5-3-2-4-6-7;2*1-2;2-1-3;1-2/h4-13H,14,23H2,1-3H3;2-15,20H,1H2;2-8H,1H3;2-6H,1H3;2*1-2H3;1-3H2;2H2,1H3. The van der Waals surface area contributed by atoms with Crippen molar-refractivity contribution in [1.29, 1.82) is 0 Å². The average Bonchev–Trinajstić information content (AvgIpc) is 3.43. The highest BCUT2D eigenvalue weighted by Crippen LogP contribution is 2.37. The molecule has 0 aliphatic carbocycles. The van der Waals surface area contributed by atoms with Crippen LogP contribution in [0, 0.1) is 34.6 Å². The fourth-order valence-corrected chi connectivity index (χ4v) is 7.77. The van der Waals surface area contributed by atoms with Crippen LogP contribution in [-0.2, 0) is 6.54 Å². The van der Waals surface area contributed by atoms with Gasteiger partial charge in [0.15, 0.2) is 0 Å². The van der Waals surface area contributed by atoms with Crippen LogP contribution in [0.1, 0.15) is 78.2 Å². The van der Waals surface area contributed by atoms with Gasteiger partial charge in [-0.2, -0.15) is 0 Å². The van der Waals surface area contributed by atoms with E-state index >= 15 is 0 Å². The lowest BCUT2D eigenvalue weighted by Gasteiger charge is -2.18. The van der Waals surface area contributed by atoms with Gasteiger partial charge in [0.1, 0.15) is 0 Å². The first-order valence-electron chi connectivity index (χ1n) is 24.7. The molecule has 5 heteroatoms. The Kier molecular flexibility index (Phi) is 29.5. The Hall–Kier alpha value is -7.25. The van der Waals surface area contributed by atoms with Crippen LogP contribution in [0.15, 0.2) is 223 Å². The first-order valence-corrected chi connectivity index (χ1v) is 24.7. The number of aliphatic imine (C=N–C) groups is 1. The molecule has 1 unspecified atom stereocenters. The molecule has 0 fully saturated rings. The first kappa shape index (κ1) is 59.9. The zero-order valence-corrected chi connectivity index (χ0v) is 44.2. The molecule has 9 aromatic rings. The zero-order chi connectivity index (χ0) is 52.4. The van der Waals surface area contributed by atoms with Crippen molar-refractivity contribution < 1.29 is 0 Å². The lowest BCUT2D eigenvalue weighted by atomic mass is 9.87. The molecule has 0 aliphatic heterocycles. The van der Waals surface area contributed by atoms with E-state index in [9.17, 15) is 0 Å². The highest BCUT2D eigenvalue weighted by molar-refractivity contribution is 5.85. The van der Waals surface area contributed by atoms with Crippen LogP contribution >= 0.6 is 0 Å². The van der Waals surface area contributed by atoms with Gasteiger partial charge in [0.2, 0.25) is 0 Å². The Morgan fingerprint density at radius 1 is 0.408 bits per heavy atom. The van der Waals surface area contributed by atoms with Crippen molar-refractivity contribution in [2.45, 2.75) is 74.9 Å². The summed E-state index contributed by atoms with van der Waals surface area (Å²) in [5.74, 6) is 0. The third-order valence-corrected chi connectivity index (χ3v) is 11.1. The van der Waals surface area contributed by atoms with Gasteiger partial charge in [-0.15, -0.1) is 0 Å². The maximum atomic E-state index is 6.17. The summed E-state index contributed by atoms with van der Waals surface area (Å²) in [7, 11) is 1.50. The molecule has 0 aromatic heterocycles. The van der Waals surface area contributed by atoms with Crippen molar-refractivity contribution in [3.63, 3.8) is 0 Å². The lowest BCUT2D eigenvalue weighted by molar-refractivity contribution is 0.884. The van der Waals surface area contributed by atoms with Gasteiger partial charge >= 0.3 is 0 Å². The van der Waals surface area contributed by atoms with E-state index in [1.165, 1.54) is 90.1 Å². The molecule has 1 atom stereocenters.